The standard InChI is InChI=1S/C17H28FN3/c1-4-20(5-2)15-8-9-21(12-15)17(11-19)14-7-6-13(3)16(18)10-14/h6-7,10,15,17H,4-5,8-9,11-12,19H2,1-3H3. The molecule has 2 rings (SSSR count). The third-order valence-corrected chi connectivity index (χ3v) is 4.77. The van der Waals surface area contributed by atoms with Crippen LogP contribution in [0.3, 0.4) is 0 Å². The topological polar surface area (TPSA) is 32.5 Å². The van der Waals surface area contributed by atoms with Gasteiger partial charge in [0.25, 0.3) is 0 Å². The van der Waals surface area contributed by atoms with E-state index in [1.807, 2.05) is 12.1 Å². The van der Waals surface area contributed by atoms with Crippen LogP contribution in [0.15, 0.2) is 18.2 Å². The summed E-state index contributed by atoms with van der Waals surface area (Å²) in [6.45, 7) is 11.0. The summed E-state index contributed by atoms with van der Waals surface area (Å²) in [6, 6.07) is 6.24. The normalized spacial score (nSPS) is 21.1. The molecule has 2 atom stereocenters. The van der Waals surface area contributed by atoms with Crippen molar-refractivity contribution in [2.45, 2.75) is 39.3 Å². The average molecular weight is 293 g/mol. The van der Waals surface area contributed by atoms with Gasteiger partial charge >= 0.3 is 0 Å². The molecule has 1 aromatic carbocycles. The van der Waals surface area contributed by atoms with E-state index >= 15 is 0 Å². The zero-order chi connectivity index (χ0) is 15.4. The van der Waals surface area contributed by atoms with Gasteiger partial charge in [-0.3, -0.25) is 9.80 Å². The molecule has 1 heterocycles. The summed E-state index contributed by atoms with van der Waals surface area (Å²) >= 11 is 0. The van der Waals surface area contributed by atoms with E-state index in [1.54, 1.807) is 13.0 Å². The molecule has 4 heteroatoms. The van der Waals surface area contributed by atoms with Gasteiger partial charge in [0.2, 0.25) is 0 Å². The van der Waals surface area contributed by atoms with Crippen molar-refractivity contribution < 1.29 is 4.39 Å². The van der Waals surface area contributed by atoms with Crippen molar-refractivity contribution in [1.82, 2.24) is 9.80 Å². The smallest absolute Gasteiger partial charge is 0.126 e. The van der Waals surface area contributed by atoms with E-state index < -0.39 is 0 Å². The lowest BCUT2D eigenvalue weighted by Gasteiger charge is -2.30. The van der Waals surface area contributed by atoms with Crippen molar-refractivity contribution >= 4 is 0 Å². The molecular weight excluding hydrogens is 265 g/mol. The summed E-state index contributed by atoms with van der Waals surface area (Å²) in [6.07, 6.45) is 1.17. The fourth-order valence-corrected chi connectivity index (χ4v) is 3.40. The highest BCUT2D eigenvalue weighted by molar-refractivity contribution is 5.26. The first-order valence-electron chi connectivity index (χ1n) is 8.04. The minimum Gasteiger partial charge on any atom is -0.329 e. The van der Waals surface area contributed by atoms with Gasteiger partial charge in [-0.2, -0.15) is 0 Å². The highest BCUT2D eigenvalue weighted by Crippen LogP contribution is 2.27. The molecule has 21 heavy (non-hydrogen) atoms. The monoisotopic (exact) mass is 293 g/mol. The zero-order valence-electron chi connectivity index (χ0n) is 13.5. The second kappa shape index (κ2) is 7.34. The Balaban J connectivity index is 2.10. The van der Waals surface area contributed by atoms with Gasteiger partial charge in [0.05, 0.1) is 0 Å². The number of hydrogen-bond donors (Lipinski definition) is 1. The Morgan fingerprint density at radius 2 is 2.10 bits per heavy atom. The summed E-state index contributed by atoms with van der Waals surface area (Å²) in [5.74, 6) is -0.134. The maximum atomic E-state index is 13.8. The molecule has 3 nitrogen and oxygen atoms in total. The number of halogens is 1. The summed E-state index contributed by atoms with van der Waals surface area (Å²) in [4.78, 5) is 4.91. The second-order valence-electron chi connectivity index (χ2n) is 5.92. The van der Waals surface area contributed by atoms with Gasteiger partial charge in [0.15, 0.2) is 0 Å². The van der Waals surface area contributed by atoms with Crippen molar-refractivity contribution in [3.63, 3.8) is 0 Å². The van der Waals surface area contributed by atoms with Crippen LogP contribution < -0.4 is 5.73 Å². The molecule has 0 aliphatic carbocycles. The predicted octanol–water partition coefficient (Wildman–Crippen LogP) is 2.55. The van der Waals surface area contributed by atoms with E-state index in [4.69, 9.17) is 5.73 Å². The molecule has 0 radical (unpaired) electrons. The number of nitrogens with two attached hydrogens (primary N) is 1. The summed E-state index contributed by atoms with van der Waals surface area (Å²) in [5.41, 5.74) is 7.67. The number of rotatable bonds is 6. The van der Waals surface area contributed by atoms with Crippen molar-refractivity contribution in [2.75, 3.05) is 32.7 Å². The van der Waals surface area contributed by atoms with Gasteiger partial charge < -0.3 is 5.73 Å². The predicted molar refractivity (Wildman–Crippen MR) is 85.8 cm³/mol. The largest absolute Gasteiger partial charge is 0.329 e. The van der Waals surface area contributed by atoms with Crippen LogP contribution in [-0.4, -0.2) is 48.6 Å². The maximum Gasteiger partial charge on any atom is 0.126 e. The van der Waals surface area contributed by atoms with E-state index in [9.17, 15) is 4.39 Å². The van der Waals surface area contributed by atoms with Gasteiger partial charge in [0.1, 0.15) is 5.82 Å². The Labute approximate surface area is 127 Å². The van der Waals surface area contributed by atoms with Crippen LogP contribution in [-0.2, 0) is 0 Å². The van der Waals surface area contributed by atoms with Crippen LogP contribution in [0.4, 0.5) is 4.39 Å². The molecule has 0 aromatic heterocycles. The number of likely N-dealkylation sites (N-methyl/N-ethyl adjacent to an activating group) is 1. The van der Waals surface area contributed by atoms with Crippen LogP contribution >= 0.6 is 0 Å². The number of aryl methyl sites for hydroxylation is 1. The lowest BCUT2D eigenvalue weighted by Crippen LogP contribution is -2.39. The minimum atomic E-state index is -0.134. The number of hydrogen-bond acceptors (Lipinski definition) is 3. The fraction of sp³-hybridized carbons (Fsp3) is 0.647. The molecule has 1 saturated heterocycles. The fourth-order valence-electron chi connectivity index (χ4n) is 3.40. The Kier molecular flexibility index (Phi) is 5.73. The van der Waals surface area contributed by atoms with Gasteiger partial charge in [0, 0.05) is 31.7 Å². The molecule has 1 aliphatic rings. The van der Waals surface area contributed by atoms with Crippen molar-refractivity contribution in [1.29, 1.82) is 0 Å². The first-order chi connectivity index (χ1) is 10.1. The molecular formula is C17H28FN3. The van der Waals surface area contributed by atoms with E-state index in [1.165, 1.54) is 6.42 Å². The van der Waals surface area contributed by atoms with E-state index in [2.05, 4.69) is 23.6 Å². The van der Waals surface area contributed by atoms with Gasteiger partial charge in [-0.25, -0.2) is 4.39 Å². The highest BCUT2D eigenvalue weighted by atomic mass is 19.1. The molecule has 2 N–H and O–H groups in total. The third-order valence-electron chi connectivity index (χ3n) is 4.77. The van der Waals surface area contributed by atoms with Crippen molar-refractivity contribution in [2.24, 2.45) is 5.73 Å². The van der Waals surface area contributed by atoms with Gasteiger partial charge in [-0.05, 0) is 43.6 Å². The van der Waals surface area contributed by atoms with Crippen LogP contribution in [0, 0.1) is 12.7 Å². The maximum absolute atomic E-state index is 13.8. The number of nitrogens with zero attached hydrogens (tertiary/aromatic N) is 2. The van der Waals surface area contributed by atoms with Crippen LogP contribution in [0.2, 0.25) is 0 Å². The minimum absolute atomic E-state index is 0.126. The lowest BCUT2D eigenvalue weighted by molar-refractivity contribution is 0.189. The molecule has 0 spiro atoms. The average Bonchev–Trinajstić information content (AvgIpc) is 2.94. The molecule has 1 fully saturated rings. The zero-order valence-corrected chi connectivity index (χ0v) is 13.5. The van der Waals surface area contributed by atoms with Gasteiger partial charge in [-0.1, -0.05) is 26.0 Å². The van der Waals surface area contributed by atoms with Crippen LogP contribution in [0.5, 0.6) is 0 Å². The molecule has 118 valence electrons. The Morgan fingerprint density at radius 1 is 1.38 bits per heavy atom. The number of benzene rings is 1. The van der Waals surface area contributed by atoms with E-state index in [-0.39, 0.29) is 11.9 Å². The van der Waals surface area contributed by atoms with Crippen LogP contribution in [0.1, 0.15) is 37.4 Å². The van der Waals surface area contributed by atoms with Crippen molar-refractivity contribution in [3.05, 3.63) is 35.1 Å². The van der Waals surface area contributed by atoms with E-state index in [0.29, 0.717) is 18.2 Å². The molecule has 2 unspecified atom stereocenters. The first kappa shape index (κ1) is 16.4. The molecule has 1 aromatic rings. The van der Waals surface area contributed by atoms with Crippen LogP contribution in [0.25, 0.3) is 0 Å². The summed E-state index contributed by atoms with van der Waals surface area (Å²) in [7, 11) is 0. The summed E-state index contributed by atoms with van der Waals surface area (Å²) < 4.78 is 13.8. The summed E-state index contributed by atoms with van der Waals surface area (Å²) in [5, 5.41) is 0. The second-order valence-corrected chi connectivity index (χ2v) is 5.92. The SMILES string of the molecule is CCN(CC)C1CCN(C(CN)c2ccc(C)c(F)c2)C1. The lowest BCUT2D eigenvalue weighted by atomic mass is 10.0. The molecule has 0 amide bonds. The Morgan fingerprint density at radius 3 is 2.67 bits per heavy atom. The molecule has 0 bridgehead atoms. The Bertz CT molecular complexity index is 459. The third kappa shape index (κ3) is 3.62. The quantitative estimate of drug-likeness (QED) is 0.875. The van der Waals surface area contributed by atoms with Gasteiger partial charge in [-0.15, -0.1) is 0 Å². The van der Waals surface area contributed by atoms with E-state index in [0.717, 1.165) is 31.7 Å². The first-order valence-corrected chi connectivity index (χ1v) is 8.04. The Hall–Kier alpha value is -0.970. The highest BCUT2D eigenvalue weighted by Gasteiger charge is 2.30. The number of likely N-dealkylation sites (tertiary alicyclic amines) is 1. The van der Waals surface area contributed by atoms with Crippen molar-refractivity contribution in [3.8, 4) is 0 Å². The molecule has 0 saturated carbocycles. The molecule has 1 aliphatic heterocycles.